The minimum Gasteiger partial charge on any atom is -0.369 e. The second-order valence-corrected chi connectivity index (χ2v) is 4.48. The normalized spacial score (nSPS) is 10.9. The van der Waals surface area contributed by atoms with E-state index in [1.54, 1.807) is 0 Å². The molecule has 0 aromatic carbocycles. The van der Waals surface area contributed by atoms with Crippen molar-refractivity contribution in [1.82, 2.24) is 4.98 Å². The van der Waals surface area contributed by atoms with E-state index in [0.29, 0.717) is 11.4 Å². The fourth-order valence-corrected chi connectivity index (χ4v) is 1.27. The molecule has 0 aliphatic carbocycles. The SMILES string of the molecule is CCNc1nc(C(C)(C)C)ccc1C#N. The van der Waals surface area contributed by atoms with Crippen molar-refractivity contribution in [3.8, 4) is 6.07 Å². The lowest BCUT2D eigenvalue weighted by atomic mass is 9.91. The predicted molar refractivity (Wildman–Crippen MR) is 61.8 cm³/mol. The molecule has 1 N–H and O–H groups in total. The lowest BCUT2D eigenvalue weighted by Crippen LogP contribution is -2.15. The van der Waals surface area contributed by atoms with Crippen molar-refractivity contribution in [2.45, 2.75) is 33.1 Å². The summed E-state index contributed by atoms with van der Waals surface area (Å²) in [4.78, 5) is 4.47. The van der Waals surface area contributed by atoms with Gasteiger partial charge < -0.3 is 5.32 Å². The lowest BCUT2D eigenvalue weighted by Gasteiger charge is -2.19. The second kappa shape index (κ2) is 4.31. The second-order valence-electron chi connectivity index (χ2n) is 4.48. The first-order valence-corrected chi connectivity index (χ1v) is 5.14. The van der Waals surface area contributed by atoms with E-state index in [0.717, 1.165) is 12.2 Å². The highest BCUT2D eigenvalue weighted by molar-refractivity contribution is 5.52. The van der Waals surface area contributed by atoms with Gasteiger partial charge in [0, 0.05) is 17.7 Å². The van der Waals surface area contributed by atoms with Gasteiger partial charge in [-0.2, -0.15) is 5.26 Å². The molecule has 0 amide bonds. The molecule has 0 aliphatic heterocycles. The third kappa shape index (κ3) is 2.69. The van der Waals surface area contributed by atoms with Crippen molar-refractivity contribution in [1.29, 1.82) is 5.26 Å². The molecule has 0 fully saturated rings. The standard InChI is InChI=1S/C12H17N3/c1-5-14-11-9(8-13)6-7-10(15-11)12(2,3)4/h6-7H,5H2,1-4H3,(H,14,15). The molecule has 0 saturated heterocycles. The summed E-state index contributed by atoms with van der Waals surface area (Å²) in [5.41, 5.74) is 1.61. The van der Waals surface area contributed by atoms with Crippen LogP contribution in [0.3, 0.4) is 0 Å². The third-order valence-corrected chi connectivity index (χ3v) is 2.13. The van der Waals surface area contributed by atoms with Crippen LogP contribution < -0.4 is 5.32 Å². The van der Waals surface area contributed by atoms with E-state index in [1.165, 1.54) is 0 Å². The molecule has 0 radical (unpaired) electrons. The highest BCUT2D eigenvalue weighted by atomic mass is 15.0. The van der Waals surface area contributed by atoms with Gasteiger partial charge in [0.1, 0.15) is 11.9 Å². The highest BCUT2D eigenvalue weighted by Crippen LogP contribution is 2.23. The number of rotatable bonds is 2. The summed E-state index contributed by atoms with van der Waals surface area (Å²) in [7, 11) is 0. The van der Waals surface area contributed by atoms with E-state index in [4.69, 9.17) is 5.26 Å². The number of nitrogens with one attached hydrogen (secondary N) is 1. The van der Waals surface area contributed by atoms with Gasteiger partial charge in [-0.25, -0.2) is 4.98 Å². The summed E-state index contributed by atoms with van der Waals surface area (Å²) < 4.78 is 0. The van der Waals surface area contributed by atoms with Crippen molar-refractivity contribution in [2.75, 3.05) is 11.9 Å². The number of nitrogens with zero attached hydrogens (tertiary/aromatic N) is 2. The summed E-state index contributed by atoms with van der Waals surface area (Å²) in [6, 6.07) is 5.88. The maximum absolute atomic E-state index is 8.91. The summed E-state index contributed by atoms with van der Waals surface area (Å²) in [5.74, 6) is 0.687. The molecule has 0 spiro atoms. The number of nitriles is 1. The van der Waals surface area contributed by atoms with Crippen molar-refractivity contribution in [3.05, 3.63) is 23.4 Å². The van der Waals surface area contributed by atoms with Gasteiger partial charge in [0.25, 0.3) is 0 Å². The molecule has 1 rings (SSSR count). The molecule has 0 bridgehead atoms. The Hall–Kier alpha value is -1.56. The van der Waals surface area contributed by atoms with Crippen molar-refractivity contribution in [3.63, 3.8) is 0 Å². The van der Waals surface area contributed by atoms with Gasteiger partial charge >= 0.3 is 0 Å². The van der Waals surface area contributed by atoms with E-state index in [-0.39, 0.29) is 5.41 Å². The van der Waals surface area contributed by atoms with Gasteiger partial charge in [0.05, 0.1) is 5.56 Å². The average molecular weight is 203 g/mol. The maximum Gasteiger partial charge on any atom is 0.144 e. The van der Waals surface area contributed by atoms with Gasteiger partial charge in [-0.15, -0.1) is 0 Å². The molecule has 15 heavy (non-hydrogen) atoms. The fraction of sp³-hybridized carbons (Fsp3) is 0.500. The molecule has 1 heterocycles. The molecular weight excluding hydrogens is 186 g/mol. The molecule has 0 aliphatic rings. The molecule has 3 heteroatoms. The molecule has 0 saturated carbocycles. The van der Waals surface area contributed by atoms with Crippen LogP contribution in [0.25, 0.3) is 0 Å². The van der Waals surface area contributed by atoms with Crippen LogP contribution in [-0.2, 0) is 5.41 Å². The van der Waals surface area contributed by atoms with Gasteiger partial charge in [0.2, 0.25) is 0 Å². The van der Waals surface area contributed by atoms with Crippen LogP contribution in [0.5, 0.6) is 0 Å². The Morgan fingerprint density at radius 3 is 2.53 bits per heavy atom. The number of hydrogen-bond donors (Lipinski definition) is 1. The first-order valence-electron chi connectivity index (χ1n) is 5.14. The van der Waals surface area contributed by atoms with Crippen molar-refractivity contribution in [2.24, 2.45) is 0 Å². The predicted octanol–water partition coefficient (Wildman–Crippen LogP) is 2.68. The largest absolute Gasteiger partial charge is 0.369 e. The van der Waals surface area contributed by atoms with Gasteiger partial charge in [-0.05, 0) is 19.1 Å². The van der Waals surface area contributed by atoms with E-state index >= 15 is 0 Å². The van der Waals surface area contributed by atoms with Crippen LogP contribution in [0, 0.1) is 11.3 Å². The first-order chi connectivity index (χ1) is 6.99. The Labute approximate surface area is 91.1 Å². The quantitative estimate of drug-likeness (QED) is 0.804. The van der Waals surface area contributed by atoms with Gasteiger partial charge in [-0.3, -0.25) is 0 Å². The fourth-order valence-electron chi connectivity index (χ4n) is 1.27. The highest BCUT2D eigenvalue weighted by Gasteiger charge is 2.16. The minimum absolute atomic E-state index is 0.0121. The minimum atomic E-state index is 0.0121. The van der Waals surface area contributed by atoms with E-state index in [1.807, 2.05) is 19.1 Å². The Kier molecular flexibility index (Phi) is 3.31. The van der Waals surface area contributed by atoms with E-state index in [9.17, 15) is 0 Å². The number of anilines is 1. The van der Waals surface area contributed by atoms with Gasteiger partial charge in [0.15, 0.2) is 0 Å². The zero-order chi connectivity index (χ0) is 11.5. The van der Waals surface area contributed by atoms with Crippen LogP contribution in [-0.4, -0.2) is 11.5 Å². The Bertz CT molecular complexity index is 383. The third-order valence-electron chi connectivity index (χ3n) is 2.13. The smallest absolute Gasteiger partial charge is 0.144 e. The van der Waals surface area contributed by atoms with E-state index in [2.05, 4.69) is 37.1 Å². The zero-order valence-corrected chi connectivity index (χ0v) is 9.76. The molecule has 1 aromatic heterocycles. The average Bonchev–Trinajstić information content (AvgIpc) is 2.17. The first kappa shape index (κ1) is 11.5. The van der Waals surface area contributed by atoms with Crippen molar-refractivity contribution < 1.29 is 0 Å². The number of pyridine rings is 1. The summed E-state index contributed by atoms with van der Waals surface area (Å²) in [6.45, 7) is 9.09. The lowest BCUT2D eigenvalue weighted by molar-refractivity contribution is 0.569. The molecular formula is C12H17N3. The topological polar surface area (TPSA) is 48.7 Å². The van der Waals surface area contributed by atoms with Crippen LogP contribution in [0.15, 0.2) is 12.1 Å². The van der Waals surface area contributed by atoms with Gasteiger partial charge in [-0.1, -0.05) is 20.8 Å². The zero-order valence-electron chi connectivity index (χ0n) is 9.76. The molecule has 3 nitrogen and oxygen atoms in total. The van der Waals surface area contributed by atoms with E-state index < -0.39 is 0 Å². The Morgan fingerprint density at radius 1 is 1.40 bits per heavy atom. The maximum atomic E-state index is 8.91. The summed E-state index contributed by atoms with van der Waals surface area (Å²) in [5, 5.41) is 12.0. The van der Waals surface area contributed by atoms with Crippen LogP contribution in [0.2, 0.25) is 0 Å². The van der Waals surface area contributed by atoms with Crippen LogP contribution >= 0.6 is 0 Å². The number of aromatic nitrogens is 1. The Morgan fingerprint density at radius 2 is 2.07 bits per heavy atom. The molecule has 1 aromatic rings. The molecule has 80 valence electrons. The van der Waals surface area contributed by atoms with Crippen molar-refractivity contribution >= 4 is 5.82 Å². The molecule has 0 unspecified atom stereocenters. The Balaban J connectivity index is 3.17. The summed E-state index contributed by atoms with van der Waals surface area (Å²) in [6.07, 6.45) is 0. The summed E-state index contributed by atoms with van der Waals surface area (Å²) >= 11 is 0. The monoisotopic (exact) mass is 203 g/mol. The number of hydrogen-bond acceptors (Lipinski definition) is 3. The van der Waals surface area contributed by atoms with Crippen LogP contribution in [0.4, 0.5) is 5.82 Å². The molecule has 0 atom stereocenters. The van der Waals surface area contributed by atoms with Crippen LogP contribution in [0.1, 0.15) is 39.0 Å².